The van der Waals surface area contributed by atoms with Crippen molar-refractivity contribution < 1.29 is 29.1 Å². The third kappa shape index (κ3) is 5.98. The fourth-order valence-corrected chi connectivity index (χ4v) is 5.23. The first-order chi connectivity index (χ1) is 15.3. The Labute approximate surface area is 189 Å². The summed E-state index contributed by atoms with van der Waals surface area (Å²) in [6.07, 6.45) is 4.83. The zero-order valence-electron chi connectivity index (χ0n) is 19.1. The van der Waals surface area contributed by atoms with Crippen LogP contribution in [0.2, 0.25) is 0 Å². The minimum absolute atomic E-state index is 0.0673. The lowest BCUT2D eigenvalue weighted by molar-refractivity contribution is -0.159. The van der Waals surface area contributed by atoms with Gasteiger partial charge >= 0.3 is 6.09 Å². The van der Waals surface area contributed by atoms with Crippen LogP contribution in [0.4, 0.5) is 4.79 Å². The van der Waals surface area contributed by atoms with Gasteiger partial charge in [-0.2, -0.15) is 0 Å². The van der Waals surface area contributed by atoms with Gasteiger partial charge in [0, 0.05) is 25.7 Å². The van der Waals surface area contributed by atoms with E-state index in [0.29, 0.717) is 43.4 Å². The maximum Gasteiger partial charge on any atom is 0.414 e. The van der Waals surface area contributed by atoms with E-state index in [1.165, 1.54) is 4.90 Å². The minimum Gasteiger partial charge on any atom is -0.445 e. The molecule has 0 aromatic rings. The number of rotatable bonds is 8. The molecule has 4 amide bonds. The fraction of sp³-hybridized carbons (Fsp3) is 0.818. The van der Waals surface area contributed by atoms with Crippen LogP contribution in [0.15, 0.2) is 0 Å². The van der Waals surface area contributed by atoms with Gasteiger partial charge in [0.25, 0.3) is 5.91 Å². The lowest BCUT2D eigenvalue weighted by Crippen LogP contribution is -2.51. The molecule has 2 aliphatic heterocycles. The second kappa shape index (κ2) is 11.1. The van der Waals surface area contributed by atoms with E-state index in [0.717, 1.165) is 38.6 Å². The zero-order valence-corrected chi connectivity index (χ0v) is 19.1. The predicted octanol–water partition coefficient (Wildman–Crippen LogP) is 1.37. The van der Waals surface area contributed by atoms with Crippen LogP contribution in [0.3, 0.4) is 0 Å². The average Bonchev–Trinajstić information content (AvgIpc) is 3.52. The highest BCUT2D eigenvalue weighted by atomic mass is 16.6. The molecule has 2 saturated heterocycles. The SMILES string of the molecule is CC(C)N1CCC(OC(=O)NC(=O)[C@@H]2CCCN2C(=O)C(CN(O)C=O)C2CCCC2)C1. The summed E-state index contributed by atoms with van der Waals surface area (Å²) in [5.41, 5.74) is 0. The molecule has 0 radical (unpaired) electrons. The van der Waals surface area contributed by atoms with Crippen molar-refractivity contribution in [3.8, 4) is 0 Å². The monoisotopic (exact) mass is 452 g/mol. The van der Waals surface area contributed by atoms with Gasteiger partial charge in [-0.15, -0.1) is 0 Å². The summed E-state index contributed by atoms with van der Waals surface area (Å²) in [5, 5.41) is 12.5. The van der Waals surface area contributed by atoms with Crippen LogP contribution in [0.5, 0.6) is 0 Å². The number of hydrogen-bond acceptors (Lipinski definition) is 7. The van der Waals surface area contributed by atoms with E-state index in [2.05, 4.69) is 24.1 Å². The molecule has 32 heavy (non-hydrogen) atoms. The molecule has 1 aliphatic carbocycles. The third-order valence-corrected chi connectivity index (χ3v) is 7.04. The Bertz CT molecular complexity index is 696. The van der Waals surface area contributed by atoms with Crippen molar-refractivity contribution in [2.24, 2.45) is 11.8 Å². The van der Waals surface area contributed by atoms with Crippen molar-refractivity contribution >= 4 is 24.3 Å². The third-order valence-electron chi connectivity index (χ3n) is 7.04. The van der Waals surface area contributed by atoms with E-state index in [9.17, 15) is 24.4 Å². The molecular weight excluding hydrogens is 416 g/mol. The molecule has 3 rings (SSSR count). The number of carbonyl (C=O) groups excluding carboxylic acids is 4. The Balaban J connectivity index is 1.58. The first-order valence-electron chi connectivity index (χ1n) is 11.8. The Morgan fingerprint density at radius 2 is 1.84 bits per heavy atom. The smallest absolute Gasteiger partial charge is 0.414 e. The number of nitrogens with one attached hydrogen (secondary N) is 1. The van der Waals surface area contributed by atoms with E-state index in [1.54, 1.807) is 0 Å². The summed E-state index contributed by atoms with van der Waals surface area (Å²) in [6, 6.07) is -0.383. The van der Waals surface area contributed by atoms with Crippen LogP contribution in [0, 0.1) is 11.8 Å². The zero-order chi connectivity index (χ0) is 23.3. The summed E-state index contributed by atoms with van der Waals surface area (Å²) < 4.78 is 5.42. The highest BCUT2D eigenvalue weighted by Gasteiger charge is 2.41. The Morgan fingerprint density at radius 3 is 2.47 bits per heavy atom. The van der Waals surface area contributed by atoms with E-state index < -0.39 is 24.0 Å². The first-order valence-corrected chi connectivity index (χ1v) is 11.8. The number of hydrogen-bond donors (Lipinski definition) is 2. The van der Waals surface area contributed by atoms with Gasteiger partial charge in [0.1, 0.15) is 12.1 Å². The number of hydroxylamine groups is 2. The number of alkyl carbamates (subject to hydrolysis) is 1. The van der Waals surface area contributed by atoms with Gasteiger partial charge in [0.15, 0.2) is 0 Å². The van der Waals surface area contributed by atoms with Crippen molar-refractivity contribution in [1.29, 1.82) is 0 Å². The first kappa shape index (κ1) is 24.4. The topological polar surface area (TPSA) is 119 Å². The molecule has 0 bridgehead atoms. The minimum atomic E-state index is -0.778. The normalized spacial score (nSPS) is 25.2. The number of imide groups is 1. The van der Waals surface area contributed by atoms with Crippen LogP contribution in [-0.4, -0.2) is 88.8 Å². The number of amides is 4. The number of nitrogens with zero attached hydrogens (tertiary/aromatic N) is 3. The number of carbonyl (C=O) groups is 4. The molecule has 0 spiro atoms. The molecule has 180 valence electrons. The van der Waals surface area contributed by atoms with Crippen LogP contribution in [-0.2, 0) is 19.1 Å². The second-order valence-electron chi connectivity index (χ2n) is 9.46. The second-order valence-corrected chi connectivity index (χ2v) is 9.46. The molecule has 1 saturated carbocycles. The van der Waals surface area contributed by atoms with E-state index in [-0.39, 0.29) is 24.5 Å². The molecule has 3 aliphatic rings. The van der Waals surface area contributed by atoms with Crippen molar-refractivity contribution in [2.75, 3.05) is 26.2 Å². The van der Waals surface area contributed by atoms with Crippen LogP contribution >= 0.6 is 0 Å². The van der Waals surface area contributed by atoms with Gasteiger partial charge in [-0.25, -0.2) is 9.86 Å². The molecule has 10 heteroatoms. The Kier molecular flexibility index (Phi) is 8.47. The van der Waals surface area contributed by atoms with E-state index in [1.807, 2.05) is 0 Å². The van der Waals surface area contributed by atoms with Crippen LogP contribution < -0.4 is 5.32 Å². The van der Waals surface area contributed by atoms with Gasteiger partial charge in [-0.1, -0.05) is 12.8 Å². The summed E-state index contributed by atoms with van der Waals surface area (Å²) in [6.45, 7) is 5.98. The number of ether oxygens (including phenoxy) is 1. The summed E-state index contributed by atoms with van der Waals surface area (Å²) >= 11 is 0. The maximum atomic E-state index is 13.3. The van der Waals surface area contributed by atoms with E-state index >= 15 is 0 Å². The molecule has 3 fully saturated rings. The molecule has 10 nitrogen and oxygen atoms in total. The fourth-order valence-electron chi connectivity index (χ4n) is 5.23. The summed E-state index contributed by atoms with van der Waals surface area (Å²) in [4.78, 5) is 53.1. The van der Waals surface area contributed by atoms with Crippen molar-refractivity contribution in [1.82, 2.24) is 20.2 Å². The molecule has 0 aromatic heterocycles. The average molecular weight is 453 g/mol. The van der Waals surface area contributed by atoms with Crippen LogP contribution in [0.25, 0.3) is 0 Å². The molecule has 2 N–H and O–H groups in total. The van der Waals surface area contributed by atoms with Crippen molar-refractivity contribution in [3.63, 3.8) is 0 Å². The summed E-state index contributed by atoms with van der Waals surface area (Å²) in [5.74, 6) is -1.28. The van der Waals surface area contributed by atoms with E-state index in [4.69, 9.17) is 4.74 Å². The lowest BCUT2D eigenvalue weighted by atomic mass is 9.89. The quantitative estimate of drug-likeness (QED) is 0.324. The Hall–Kier alpha value is -2.20. The highest BCUT2D eigenvalue weighted by molar-refractivity contribution is 5.97. The standard InChI is InChI=1S/C22H36N4O6/c1-15(2)24-11-9-17(12-24)32-22(30)23-20(28)19-8-5-10-26(19)21(29)18(13-25(31)14-27)16-6-3-4-7-16/h14-19,31H,3-13H2,1-2H3,(H,23,28,30)/t17?,18?,19-/m0/s1. The highest BCUT2D eigenvalue weighted by Crippen LogP contribution is 2.34. The Morgan fingerprint density at radius 1 is 1.12 bits per heavy atom. The van der Waals surface area contributed by atoms with Gasteiger partial charge < -0.3 is 9.64 Å². The number of likely N-dealkylation sites (tertiary alicyclic amines) is 2. The predicted molar refractivity (Wildman–Crippen MR) is 114 cm³/mol. The molecule has 2 unspecified atom stereocenters. The maximum absolute atomic E-state index is 13.3. The van der Waals surface area contributed by atoms with Gasteiger partial charge in [0.2, 0.25) is 12.3 Å². The van der Waals surface area contributed by atoms with Gasteiger partial charge in [-0.05, 0) is 51.9 Å². The molecular formula is C22H36N4O6. The van der Waals surface area contributed by atoms with Crippen molar-refractivity contribution in [3.05, 3.63) is 0 Å². The van der Waals surface area contributed by atoms with Crippen LogP contribution in [0.1, 0.15) is 58.8 Å². The summed E-state index contributed by atoms with van der Waals surface area (Å²) in [7, 11) is 0. The van der Waals surface area contributed by atoms with Gasteiger partial charge in [-0.3, -0.25) is 29.8 Å². The molecule has 2 heterocycles. The molecule has 3 atom stereocenters. The lowest BCUT2D eigenvalue weighted by Gasteiger charge is -2.31. The van der Waals surface area contributed by atoms with Crippen molar-refractivity contribution in [2.45, 2.75) is 77.0 Å². The molecule has 0 aromatic carbocycles. The van der Waals surface area contributed by atoms with Gasteiger partial charge in [0.05, 0.1) is 12.5 Å². The largest absolute Gasteiger partial charge is 0.445 e.